The average molecular weight is 345 g/mol. The van der Waals surface area contributed by atoms with Crippen molar-refractivity contribution in [3.05, 3.63) is 49.8 Å². The van der Waals surface area contributed by atoms with Gasteiger partial charge in [0.15, 0.2) is 0 Å². The molecule has 1 N–H and O–H groups in total. The predicted octanol–water partition coefficient (Wildman–Crippen LogP) is 3.04. The van der Waals surface area contributed by atoms with Gasteiger partial charge in [0, 0.05) is 30.6 Å². The molecule has 0 aromatic carbocycles. The summed E-state index contributed by atoms with van der Waals surface area (Å²) in [4.78, 5) is 29.5. The maximum Gasteiger partial charge on any atom is 0.263 e. The van der Waals surface area contributed by atoms with E-state index < -0.39 is 0 Å². The first-order chi connectivity index (χ1) is 11.5. The van der Waals surface area contributed by atoms with Crippen LogP contribution in [0.25, 0.3) is 0 Å². The number of amides is 1. The van der Waals surface area contributed by atoms with Gasteiger partial charge in [-0.15, -0.1) is 11.3 Å². The average Bonchev–Trinajstić information content (AvgIpc) is 3.25. The molecule has 3 rings (SSSR count). The van der Waals surface area contributed by atoms with Crippen molar-refractivity contribution >= 4 is 17.2 Å². The van der Waals surface area contributed by atoms with Crippen molar-refractivity contribution in [2.75, 3.05) is 6.54 Å². The van der Waals surface area contributed by atoms with E-state index >= 15 is 0 Å². The van der Waals surface area contributed by atoms with Crippen LogP contribution in [-0.4, -0.2) is 22.0 Å². The van der Waals surface area contributed by atoms with Crippen LogP contribution in [0.1, 0.15) is 65.3 Å². The number of carbonyl (C=O) groups excluding carboxylic acids is 1. The molecule has 1 fully saturated rings. The Morgan fingerprint density at radius 3 is 2.83 bits per heavy atom. The first-order valence-electron chi connectivity index (χ1n) is 8.41. The SMILES string of the molecule is Cc1ccn(C2CC2)c(=O)c1C(=O)NCCc1nc(C(C)C)cs1. The van der Waals surface area contributed by atoms with Gasteiger partial charge in [0.2, 0.25) is 0 Å². The fourth-order valence-electron chi connectivity index (χ4n) is 2.63. The molecule has 24 heavy (non-hydrogen) atoms. The number of hydrogen-bond acceptors (Lipinski definition) is 4. The van der Waals surface area contributed by atoms with E-state index in [4.69, 9.17) is 0 Å². The summed E-state index contributed by atoms with van der Waals surface area (Å²) in [5, 5.41) is 5.95. The molecule has 5 nitrogen and oxygen atoms in total. The molecule has 0 aliphatic heterocycles. The zero-order chi connectivity index (χ0) is 17.3. The number of rotatable bonds is 6. The largest absolute Gasteiger partial charge is 0.351 e. The molecule has 2 heterocycles. The second-order valence-corrected chi connectivity index (χ2v) is 7.59. The molecule has 1 amide bonds. The fourth-order valence-corrected chi connectivity index (χ4v) is 3.59. The van der Waals surface area contributed by atoms with Crippen molar-refractivity contribution < 1.29 is 4.79 Å². The summed E-state index contributed by atoms with van der Waals surface area (Å²) in [6.07, 6.45) is 4.53. The van der Waals surface area contributed by atoms with E-state index in [1.54, 1.807) is 22.1 Å². The van der Waals surface area contributed by atoms with Crippen molar-refractivity contribution in [3.63, 3.8) is 0 Å². The zero-order valence-electron chi connectivity index (χ0n) is 14.3. The normalized spacial score (nSPS) is 14.2. The van der Waals surface area contributed by atoms with E-state index in [0.717, 1.165) is 29.1 Å². The number of hydrogen-bond donors (Lipinski definition) is 1. The molecule has 0 bridgehead atoms. The monoisotopic (exact) mass is 345 g/mol. The number of nitrogens with zero attached hydrogens (tertiary/aromatic N) is 2. The summed E-state index contributed by atoms with van der Waals surface area (Å²) in [5.74, 6) is 0.130. The number of carbonyl (C=O) groups is 1. The Morgan fingerprint density at radius 1 is 1.46 bits per heavy atom. The minimum atomic E-state index is -0.284. The highest BCUT2D eigenvalue weighted by Gasteiger charge is 2.26. The van der Waals surface area contributed by atoms with Gasteiger partial charge in [-0.2, -0.15) is 0 Å². The van der Waals surface area contributed by atoms with E-state index in [9.17, 15) is 9.59 Å². The van der Waals surface area contributed by atoms with Crippen LogP contribution in [0.2, 0.25) is 0 Å². The van der Waals surface area contributed by atoms with Crippen molar-refractivity contribution in [1.29, 1.82) is 0 Å². The lowest BCUT2D eigenvalue weighted by Gasteiger charge is -2.10. The summed E-state index contributed by atoms with van der Waals surface area (Å²) in [7, 11) is 0. The Labute approximate surface area is 145 Å². The molecule has 0 unspecified atom stereocenters. The number of aryl methyl sites for hydroxylation is 1. The lowest BCUT2D eigenvalue weighted by molar-refractivity contribution is 0.0951. The van der Waals surface area contributed by atoms with Crippen LogP contribution in [0.4, 0.5) is 0 Å². The standard InChI is InChI=1S/C18H23N3O2S/c1-11(2)14-10-24-15(20-14)6-8-19-17(22)16-12(3)7-9-21(18(16)23)13-4-5-13/h7,9-11,13H,4-6,8H2,1-3H3,(H,19,22). The topological polar surface area (TPSA) is 64.0 Å². The second kappa shape index (κ2) is 6.89. The minimum absolute atomic E-state index is 0.175. The molecule has 2 aromatic rings. The molecular formula is C18H23N3O2S. The molecule has 1 saturated carbocycles. The van der Waals surface area contributed by atoms with Gasteiger partial charge in [0.1, 0.15) is 5.56 Å². The van der Waals surface area contributed by atoms with E-state index in [1.165, 1.54) is 0 Å². The number of pyridine rings is 1. The Morgan fingerprint density at radius 2 is 2.21 bits per heavy atom. The lowest BCUT2D eigenvalue weighted by Crippen LogP contribution is -2.34. The highest BCUT2D eigenvalue weighted by Crippen LogP contribution is 2.33. The smallest absolute Gasteiger partial charge is 0.263 e. The van der Waals surface area contributed by atoms with Gasteiger partial charge < -0.3 is 9.88 Å². The van der Waals surface area contributed by atoms with Crippen LogP contribution in [0, 0.1) is 6.92 Å². The maximum absolute atomic E-state index is 12.5. The van der Waals surface area contributed by atoms with E-state index in [0.29, 0.717) is 18.9 Å². The van der Waals surface area contributed by atoms with Gasteiger partial charge >= 0.3 is 0 Å². The van der Waals surface area contributed by atoms with Crippen molar-refractivity contribution in [1.82, 2.24) is 14.9 Å². The minimum Gasteiger partial charge on any atom is -0.351 e. The van der Waals surface area contributed by atoms with Gasteiger partial charge in [0.05, 0.1) is 10.7 Å². The molecule has 0 spiro atoms. The van der Waals surface area contributed by atoms with Crippen LogP contribution >= 0.6 is 11.3 Å². The van der Waals surface area contributed by atoms with Crippen LogP contribution in [0.3, 0.4) is 0 Å². The number of aromatic nitrogens is 2. The molecular weight excluding hydrogens is 322 g/mol. The molecule has 0 atom stereocenters. The third-order valence-electron chi connectivity index (χ3n) is 4.28. The number of nitrogens with one attached hydrogen (secondary N) is 1. The van der Waals surface area contributed by atoms with Gasteiger partial charge in [-0.25, -0.2) is 4.98 Å². The molecule has 0 radical (unpaired) electrons. The molecule has 1 aliphatic rings. The Balaban J connectivity index is 1.64. The molecule has 2 aromatic heterocycles. The summed E-state index contributed by atoms with van der Waals surface area (Å²) in [6, 6.07) is 2.12. The van der Waals surface area contributed by atoms with E-state index in [2.05, 4.69) is 29.5 Å². The van der Waals surface area contributed by atoms with Crippen LogP contribution in [0.5, 0.6) is 0 Å². The van der Waals surface area contributed by atoms with E-state index in [-0.39, 0.29) is 23.1 Å². The highest BCUT2D eigenvalue weighted by molar-refractivity contribution is 7.09. The molecule has 0 saturated heterocycles. The highest BCUT2D eigenvalue weighted by atomic mass is 32.1. The van der Waals surface area contributed by atoms with Gasteiger partial charge in [-0.3, -0.25) is 9.59 Å². The third kappa shape index (κ3) is 3.59. The summed E-state index contributed by atoms with van der Waals surface area (Å²) >= 11 is 1.62. The molecule has 1 aliphatic carbocycles. The maximum atomic E-state index is 12.5. The Hall–Kier alpha value is -1.95. The van der Waals surface area contributed by atoms with Gasteiger partial charge in [0.25, 0.3) is 11.5 Å². The quantitative estimate of drug-likeness (QED) is 0.875. The first-order valence-corrected chi connectivity index (χ1v) is 9.29. The van der Waals surface area contributed by atoms with Crippen molar-refractivity contribution in [2.24, 2.45) is 0 Å². The fraction of sp³-hybridized carbons (Fsp3) is 0.500. The van der Waals surface area contributed by atoms with Crippen molar-refractivity contribution in [2.45, 2.75) is 52.0 Å². The Bertz CT molecular complexity index is 803. The molecule has 6 heteroatoms. The zero-order valence-corrected chi connectivity index (χ0v) is 15.2. The van der Waals surface area contributed by atoms with Gasteiger partial charge in [-0.05, 0) is 37.3 Å². The van der Waals surface area contributed by atoms with Crippen molar-refractivity contribution in [3.8, 4) is 0 Å². The summed E-state index contributed by atoms with van der Waals surface area (Å²) in [5.41, 5.74) is 1.91. The summed E-state index contributed by atoms with van der Waals surface area (Å²) < 4.78 is 1.69. The molecule has 128 valence electrons. The second-order valence-electron chi connectivity index (χ2n) is 6.64. The van der Waals surface area contributed by atoms with Crippen LogP contribution in [-0.2, 0) is 6.42 Å². The Kier molecular flexibility index (Phi) is 4.85. The van der Waals surface area contributed by atoms with E-state index in [1.807, 2.05) is 13.0 Å². The number of thiazole rings is 1. The summed E-state index contributed by atoms with van der Waals surface area (Å²) in [6.45, 7) is 6.53. The predicted molar refractivity (Wildman–Crippen MR) is 96.0 cm³/mol. The lowest BCUT2D eigenvalue weighted by atomic mass is 10.1. The van der Waals surface area contributed by atoms with Gasteiger partial charge in [-0.1, -0.05) is 13.8 Å². The first kappa shape index (κ1) is 16.9. The third-order valence-corrected chi connectivity index (χ3v) is 5.21. The van der Waals surface area contributed by atoms with Crippen LogP contribution in [0.15, 0.2) is 22.4 Å². The van der Waals surface area contributed by atoms with Crippen LogP contribution < -0.4 is 10.9 Å².